The minimum absolute atomic E-state index is 0.228. The molecule has 18 heavy (non-hydrogen) atoms. The number of aromatic nitrogens is 1. The highest BCUT2D eigenvalue weighted by Gasteiger charge is 2.19. The van der Waals surface area contributed by atoms with E-state index < -0.39 is 0 Å². The highest BCUT2D eigenvalue weighted by atomic mass is 16.7. The van der Waals surface area contributed by atoms with E-state index in [0.717, 1.165) is 11.1 Å². The van der Waals surface area contributed by atoms with E-state index in [1.54, 1.807) is 13.2 Å². The monoisotopic (exact) mass is 248 g/mol. The van der Waals surface area contributed by atoms with Crippen LogP contribution in [-0.4, -0.2) is 19.1 Å². The molecule has 0 bridgehead atoms. The van der Waals surface area contributed by atoms with Crippen molar-refractivity contribution < 1.29 is 18.7 Å². The lowest BCUT2D eigenvalue weighted by Gasteiger charge is -2.07. The van der Waals surface area contributed by atoms with Gasteiger partial charge in [0.05, 0.1) is 6.61 Å². The van der Waals surface area contributed by atoms with Gasteiger partial charge in [-0.3, -0.25) is 0 Å². The number of nitrogens with two attached hydrogens (primary N) is 1. The fourth-order valence-corrected chi connectivity index (χ4v) is 1.91. The van der Waals surface area contributed by atoms with Crippen molar-refractivity contribution in [1.82, 2.24) is 5.16 Å². The Morgan fingerprint density at radius 3 is 2.72 bits per heavy atom. The van der Waals surface area contributed by atoms with Crippen molar-refractivity contribution in [2.75, 3.05) is 19.6 Å². The molecule has 0 spiro atoms. The van der Waals surface area contributed by atoms with Gasteiger partial charge in [-0.1, -0.05) is 5.16 Å². The second kappa shape index (κ2) is 4.23. The van der Waals surface area contributed by atoms with Gasteiger partial charge in [-0.15, -0.1) is 0 Å². The molecule has 6 nitrogen and oxygen atoms in total. The summed E-state index contributed by atoms with van der Waals surface area (Å²) in [5, 5.41) is 3.90. The highest BCUT2D eigenvalue weighted by Crippen LogP contribution is 2.38. The molecule has 0 amide bonds. The summed E-state index contributed by atoms with van der Waals surface area (Å²) in [5.41, 5.74) is 7.99. The first-order valence-electron chi connectivity index (χ1n) is 5.42. The average molecular weight is 248 g/mol. The lowest BCUT2D eigenvalue weighted by atomic mass is 10.0. The maximum Gasteiger partial charge on any atom is 0.231 e. The summed E-state index contributed by atoms with van der Waals surface area (Å²) in [7, 11) is 1.63. The Kier molecular flexibility index (Phi) is 2.56. The smallest absolute Gasteiger partial charge is 0.231 e. The lowest BCUT2D eigenvalue weighted by Crippen LogP contribution is -1.93. The van der Waals surface area contributed by atoms with E-state index in [1.807, 2.05) is 12.1 Å². The molecule has 0 fully saturated rings. The Labute approximate surface area is 103 Å². The first-order chi connectivity index (χ1) is 8.78. The van der Waals surface area contributed by atoms with E-state index in [1.165, 1.54) is 0 Å². The van der Waals surface area contributed by atoms with Crippen LogP contribution in [0, 0.1) is 0 Å². The third-order valence-electron chi connectivity index (χ3n) is 2.70. The van der Waals surface area contributed by atoms with Crippen LogP contribution in [0.5, 0.6) is 11.5 Å². The van der Waals surface area contributed by atoms with Gasteiger partial charge in [0.1, 0.15) is 5.69 Å². The van der Waals surface area contributed by atoms with Crippen molar-refractivity contribution in [3.8, 4) is 22.8 Å². The van der Waals surface area contributed by atoms with Crippen molar-refractivity contribution in [3.63, 3.8) is 0 Å². The average Bonchev–Trinajstić information content (AvgIpc) is 2.96. The molecular formula is C12H12N2O4. The van der Waals surface area contributed by atoms with Crippen molar-refractivity contribution >= 4 is 5.88 Å². The number of hydrogen-bond donors (Lipinski definition) is 1. The molecule has 1 aromatic carbocycles. The quantitative estimate of drug-likeness (QED) is 0.892. The summed E-state index contributed by atoms with van der Waals surface area (Å²) >= 11 is 0. The molecule has 3 rings (SSSR count). The lowest BCUT2D eigenvalue weighted by molar-refractivity contribution is 0.173. The predicted octanol–water partition coefficient (Wildman–Crippen LogP) is 1.80. The van der Waals surface area contributed by atoms with Crippen LogP contribution >= 0.6 is 0 Å². The number of benzene rings is 1. The molecule has 1 aromatic heterocycles. The third-order valence-corrected chi connectivity index (χ3v) is 2.70. The van der Waals surface area contributed by atoms with Crippen molar-refractivity contribution in [3.05, 3.63) is 23.8 Å². The maximum atomic E-state index is 5.54. The molecule has 2 N–H and O–H groups in total. The van der Waals surface area contributed by atoms with E-state index in [4.69, 9.17) is 24.5 Å². The predicted molar refractivity (Wildman–Crippen MR) is 63.2 cm³/mol. The molecule has 0 atom stereocenters. The molecule has 0 radical (unpaired) electrons. The summed E-state index contributed by atoms with van der Waals surface area (Å²) in [6, 6.07) is 5.40. The number of ether oxygens (including phenoxy) is 3. The Balaban J connectivity index is 2.11. The Morgan fingerprint density at radius 2 is 2.06 bits per heavy atom. The number of rotatable bonds is 3. The highest BCUT2D eigenvalue weighted by molar-refractivity contribution is 5.69. The van der Waals surface area contributed by atoms with Crippen LogP contribution in [0.15, 0.2) is 22.7 Å². The van der Waals surface area contributed by atoms with Crippen molar-refractivity contribution in [2.45, 2.75) is 6.61 Å². The number of methoxy groups -OCH3 is 1. The van der Waals surface area contributed by atoms with Gasteiger partial charge in [-0.2, -0.15) is 0 Å². The minimum Gasteiger partial charge on any atom is -0.454 e. The first-order valence-corrected chi connectivity index (χ1v) is 5.42. The van der Waals surface area contributed by atoms with Gasteiger partial charge in [-0.25, -0.2) is 0 Å². The molecule has 1 aliphatic rings. The fourth-order valence-electron chi connectivity index (χ4n) is 1.91. The summed E-state index contributed by atoms with van der Waals surface area (Å²) in [6.07, 6.45) is 0. The Morgan fingerprint density at radius 1 is 1.28 bits per heavy atom. The summed E-state index contributed by atoms with van der Waals surface area (Å²) in [4.78, 5) is 0. The largest absolute Gasteiger partial charge is 0.454 e. The zero-order valence-corrected chi connectivity index (χ0v) is 9.80. The van der Waals surface area contributed by atoms with Gasteiger partial charge < -0.3 is 24.5 Å². The van der Waals surface area contributed by atoms with Crippen LogP contribution in [0.3, 0.4) is 0 Å². The van der Waals surface area contributed by atoms with Crippen LogP contribution in [0.4, 0.5) is 5.88 Å². The first kappa shape index (κ1) is 10.9. The third kappa shape index (κ3) is 1.76. The number of hydrogen-bond acceptors (Lipinski definition) is 6. The SMILES string of the molecule is COCc1cc2c(cc1-c1cc(N)on1)OCO2. The molecule has 94 valence electrons. The summed E-state index contributed by atoms with van der Waals surface area (Å²) < 4.78 is 20.7. The van der Waals surface area contributed by atoms with E-state index in [2.05, 4.69) is 5.16 Å². The van der Waals surface area contributed by atoms with Crippen molar-refractivity contribution in [1.29, 1.82) is 0 Å². The van der Waals surface area contributed by atoms with Crippen LogP contribution in [0.1, 0.15) is 5.56 Å². The second-order valence-corrected chi connectivity index (χ2v) is 3.91. The van der Waals surface area contributed by atoms with Crippen LogP contribution in [0.25, 0.3) is 11.3 Å². The van der Waals surface area contributed by atoms with Gasteiger partial charge in [-0.05, 0) is 17.7 Å². The zero-order chi connectivity index (χ0) is 12.5. The molecule has 1 aliphatic heterocycles. The Bertz CT molecular complexity index is 579. The fraction of sp³-hybridized carbons (Fsp3) is 0.250. The number of anilines is 1. The van der Waals surface area contributed by atoms with Crippen LogP contribution in [0.2, 0.25) is 0 Å². The van der Waals surface area contributed by atoms with Gasteiger partial charge in [0, 0.05) is 18.7 Å². The minimum atomic E-state index is 0.228. The number of fused-ring (bicyclic) bond motifs is 1. The van der Waals surface area contributed by atoms with Gasteiger partial charge in [0.15, 0.2) is 11.5 Å². The van der Waals surface area contributed by atoms with Crippen LogP contribution in [-0.2, 0) is 11.3 Å². The normalized spacial score (nSPS) is 12.9. The molecule has 2 heterocycles. The van der Waals surface area contributed by atoms with E-state index in [9.17, 15) is 0 Å². The molecule has 2 aromatic rings. The van der Waals surface area contributed by atoms with E-state index in [0.29, 0.717) is 23.8 Å². The topological polar surface area (TPSA) is 79.7 Å². The van der Waals surface area contributed by atoms with Gasteiger partial charge in [0.2, 0.25) is 12.7 Å². The molecule has 0 unspecified atom stereocenters. The van der Waals surface area contributed by atoms with Gasteiger partial charge >= 0.3 is 0 Å². The van der Waals surface area contributed by atoms with Gasteiger partial charge in [0.25, 0.3) is 0 Å². The second-order valence-electron chi connectivity index (χ2n) is 3.91. The summed E-state index contributed by atoms with van der Waals surface area (Å²) in [6.45, 7) is 0.672. The molecule has 0 saturated carbocycles. The number of nitrogen functional groups attached to an aromatic ring is 1. The molecule has 6 heteroatoms. The van der Waals surface area contributed by atoms with E-state index >= 15 is 0 Å². The molecule has 0 aliphatic carbocycles. The molecule has 0 saturated heterocycles. The zero-order valence-electron chi connectivity index (χ0n) is 9.80. The molecular weight excluding hydrogens is 236 g/mol. The summed E-state index contributed by atoms with van der Waals surface area (Å²) in [5.74, 6) is 1.67. The standard InChI is InChI=1S/C12H12N2O4/c1-15-5-7-2-10-11(17-6-16-10)3-8(7)9-4-12(13)18-14-9/h2-4H,5-6,13H2,1H3. The van der Waals surface area contributed by atoms with E-state index in [-0.39, 0.29) is 12.7 Å². The van der Waals surface area contributed by atoms with Crippen molar-refractivity contribution in [2.24, 2.45) is 0 Å². The maximum absolute atomic E-state index is 5.54. The number of nitrogens with zero attached hydrogens (tertiary/aromatic N) is 1. The Hall–Kier alpha value is -2.21. The van der Waals surface area contributed by atoms with Crippen LogP contribution < -0.4 is 15.2 Å².